The zero-order valence-electron chi connectivity index (χ0n) is 11.5. The van der Waals surface area contributed by atoms with Crippen molar-refractivity contribution in [1.29, 1.82) is 0 Å². The number of halogens is 1. The van der Waals surface area contributed by atoms with Gasteiger partial charge in [-0.2, -0.15) is 0 Å². The molecule has 0 saturated heterocycles. The molecular formula is C12H18ClN5O2. The highest BCUT2D eigenvalue weighted by atomic mass is 35.5. The Kier molecular flexibility index (Phi) is 5.72. The van der Waals surface area contributed by atoms with E-state index in [0.717, 1.165) is 0 Å². The molecule has 2 amide bonds. The number of nitrogen functional groups attached to an aromatic ring is 1. The predicted molar refractivity (Wildman–Crippen MR) is 77.3 cm³/mol. The zero-order valence-corrected chi connectivity index (χ0v) is 12.3. The van der Waals surface area contributed by atoms with Gasteiger partial charge in [-0.15, -0.1) is 0 Å². The van der Waals surface area contributed by atoms with Crippen LogP contribution in [0.1, 0.15) is 31.1 Å². The van der Waals surface area contributed by atoms with E-state index in [1.165, 1.54) is 12.1 Å². The first-order valence-electron chi connectivity index (χ1n) is 6.09. The Bertz CT molecular complexity index is 507. The maximum absolute atomic E-state index is 12.0. The van der Waals surface area contributed by atoms with Gasteiger partial charge < -0.3 is 16.1 Å². The summed E-state index contributed by atoms with van der Waals surface area (Å²) < 4.78 is 0. The minimum Gasteiger partial charge on any atom is -0.352 e. The van der Waals surface area contributed by atoms with Gasteiger partial charge in [0.2, 0.25) is 5.91 Å². The van der Waals surface area contributed by atoms with Gasteiger partial charge in [0.25, 0.3) is 5.91 Å². The Morgan fingerprint density at radius 2 is 1.90 bits per heavy atom. The molecule has 0 fully saturated rings. The van der Waals surface area contributed by atoms with Gasteiger partial charge in [0, 0.05) is 11.6 Å². The number of nitrogens with zero attached hydrogens (tertiary/aromatic N) is 1. The molecule has 1 heterocycles. The van der Waals surface area contributed by atoms with Crippen molar-refractivity contribution in [3.05, 3.63) is 22.8 Å². The van der Waals surface area contributed by atoms with Crippen LogP contribution in [0, 0.1) is 0 Å². The average molecular weight is 300 g/mol. The van der Waals surface area contributed by atoms with Gasteiger partial charge in [0.05, 0.1) is 0 Å². The minimum atomic E-state index is -0.661. The summed E-state index contributed by atoms with van der Waals surface area (Å²) in [6.07, 6.45) is 0. The third-order valence-corrected chi connectivity index (χ3v) is 2.57. The lowest BCUT2D eigenvalue weighted by atomic mass is 10.2. The minimum absolute atomic E-state index is 0.00487. The fraction of sp³-hybridized carbons (Fsp3) is 0.417. The number of hydrogen-bond acceptors (Lipinski definition) is 5. The fourth-order valence-electron chi connectivity index (χ4n) is 1.46. The Morgan fingerprint density at radius 3 is 2.45 bits per heavy atom. The van der Waals surface area contributed by atoms with Crippen LogP contribution in [-0.2, 0) is 4.79 Å². The van der Waals surface area contributed by atoms with E-state index in [0.29, 0.717) is 0 Å². The number of hydrogen-bond donors (Lipinski definition) is 4. The van der Waals surface area contributed by atoms with Crippen molar-refractivity contribution < 1.29 is 9.59 Å². The molecule has 20 heavy (non-hydrogen) atoms. The van der Waals surface area contributed by atoms with Gasteiger partial charge in [-0.25, -0.2) is 10.8 Å². The van der Waals surface area contributed by atoms with E-state index in [4.69, 9.17) is 17.4 Å². The van der Waals surface area contributed by atoms with Crippen LogP contribution in [0.2, 0.25) is 5.15 Å². The summed E-state index contributed by atoms with van der Waals surface area (Å²) in [6, 6.07) is 2.18. The van der Waals surface area contributed by atoms with Gasteiger partial charge in [0.15, 0.2) is 0 Å². The first kappa shape index (κ1) is 16.2. The van der Waals surface area contributed by atoms with Gasteiger partial charge >= 0.3 is 0 Å². The lowest BCUT2D eigenvalue weighted by Gasteiger charge is -2.16. The summed E-state index contributed by atoms with van der Waals surface area (Å²) in [5, 5.41) is 5.41. The highest BCUT2D eigenvalue weighted by Crippen LogP contribution is 2.13. The molecule has 0 aliphatic rings. The first-order valence-corrected chi connectivity index (χ1v) is 6.46. The van der Waals surface area contributed by atoms with Crippen molar-refractivity contribution >= 4 is 29.2 Å². The Hall–Kier alpha value is -1.86. The summed E-state index contributed by atoms with van der Waals surface area (Å²) in [4.78, 5) is 27.6. The normalized spacial score (nSPS) is 11.9. The van der Waals surface area contributed by atoms with Gasteiger partial charge in [-0.3, -0.25) is 9.59 Å². The molecule has 0 aromatic carbocycles. The molecule has 0 spiro atoms. The molecule has 0 saturated carbocycles. The summed E-state index contributed by atoms with van der Waals surface area (Å²) in [5.74, 6) is 4.80. The van der Waals surface area contributed by atoms with Crippen LogP contribution >= 0.6 is 11.6 Å². The lowest BCUT2D eigenvalue weighted by Crippen LogP contribution is -2.46. The predicted octanol–water partition coefficient (Wildman–Crippen LogP) is 0.663. The molecular weight excluding hydrogens is 282 g/mol. The van der Waals surface area contributed by atoms with Crippen LogP contribution in [0.3, 0.4) is 0 Å². The molecule has 1 rings (SSSR count). The number of nitrogens with two attached hydrogens (primary N) is 1. The average Bonchev–Trinajstić information content (AvgIpc) is 2.36. The summed E-state index contributed by atoms with van der Waals surface area (Å²) in [7, 11) is 0. The molecule has 5 N–H and O–H groups in total. The highest BCUT2D eigenvalue weighted by Gasteiger charge is 2.18. The lowest BCUT2D eigenvalue weighted by molar-refractivity contribution is -0.123. The Labute approximate surface area is 122 Å². The number of nitrogens with one attached hydrogen (secondary N) is 3. The third kappa shape index (κ3) is 4.67. The second-order valence-electron chi connectivity index (χ2n) is 4.57. The standard InChI is InChI=1S/C12H18ClN5O2/c1-6(2)15-11(19)7(3)16-12(20)8-4-9(13)17-10(5-8)18-14/h4-7H,14H2,1-3H3,(H,15,19)(H,16,20)(H,17,18). The smallest absolute Gasteiger partial charge is 0.252 e. The molecule has 110 valence electrons. The third-order valence-electron chi connectivity index (χ3n) is 2.38. The van der Waals surface area contributed by atoms with E-state index >= 15 is 0 Å². The maximum atomic E-state index is 12.0. The van der Waals surface area contributed by atoms with Crippen LogP contribution in [0.5, 0.6) is 0 Å². The molecule has 7 nitrogen and oxygen atoms in total. The van der Waals surface area contributed by atoms with Crippen LogP contribution in [0.15, 0.2) is 12.1 Å². The van der Waals surface area contributed by atoms with Crippen molar-refractivity contribution in [3.8, 4) is 0 Å². The Balaban J connectivity index is 2.76. The van der Waals surface area contributed by atoms with Crippen LogP contribution in [0.25, 0.3) is 0 Å². The number of anilines is 1. The number of aromatic nitrogens is 1. The molecule has 1 atom stereocenters. The van der Waals surface area contributed by atoms with Crippen molar-refractivity contribution in [2.45, 2.75) is 32.9 Å². The van der Waals surface area contributed by atoms with E-state index in [-0.39, 0.29) is 28.5 Å². The van der Waals surface area contributed by atoms with Crippen molar-refractivity contribution in [3.63, 3.8) is 0 Å². The number of pyridine rings is 1. The second kappa shape index (κ2) is 7.06. The molecule has 1 aromatic rings. The second-order valence-corrected chi connectivity index (χ2v) is 4.95. The van der Waals surface area contributed by atoms with E-state index in [1.807, 2.05) is 13.8 Å². The van der Waals surface area contributed by atoms with Gasteiger partial charge in [-0.05, 0) is 32.9 Å². The largest absolute Gasteiger partial charge is 0.352 e. The number of rotatable bonds is 5. The molecule has 1 aromatic heterocycles. The van der Waals surface area contributed by atoms with E-state index < -0.39 is 11.9 Å². The number of hydrazine groups is 1. The van der Waals surface area contributed by atoms with Crippen molar-refractivity contribution in [2.75, 3.05) is 5.43 Å². The van der Waals surface area contributed by atoms with Crippen molar-refractivity contribution in [1.82, 2.24) is 15.6 Å². The van der Waals surface area contributed by atoms with E-state index in [1.54, 1.807) is 6.92 Å². The van der Waals surface area contributed by atoms with Crippen LogP contribution in [0.4, 0.5) is 5.82 Å². The SMILES string of the molecule is CC(C)NC(=O)C(C)NC(=O)c1cc(Cl)nc(NN)c1. The molecule has 0 aliphatic carbocycles. The number of amides is 2. The Morgan fingerprint density at radius 1 is 1.25 bits per heavy atom. The molecule has 0 aliphatic heterocycles. The monoisotopic (exact) mass is 299 g/mol. The topological polar surface area (TPSA) is 109 Å². The fourth-order valence-corrected chi connectivity index (χ4v) is 1.67. The zero-order chi connectivity index (χ0) is 15.3. The molecule has 0 radical (unpaired) electrons. The van der Waals surface area contributed by atoms with Crippen LogP contribution < -0.4 is 21.9 Å². The molecule has 1 unspecified atom stereocenters. The number of carbonyl (C=O) groups excluding carboxylic acids is 2. The quantitative estimate of drug-likeness (QED) is 0.363. The highest BCUT2D eigenvalue weighted by molar-refractivity contribution is 6.29. The first-order chi connectivity index (χ1) is 9.33. The van der Waals surface area contributed by atoms with Crippen molar-refractivity contribution in [2.24, 2.45) is 5.84 Å². The summed E-state index contributed by atoms with van der Waals surface area (Å²) in [5.41, 5.74) is 2.58. The molecule has 0 bridgehead atoms. The summed E-state index contributed by atoms with van der Waals surface area (Å²) in [6.45, 7) is 5.28. The van der Waals surface area contributed by atoms with E-state index in [9.17, 15) is 9.59 Å². The maximum Gasteiger partial charge on any atom is 0.252 e. The van der Waals surface area contributed by atoms with E-state index in [2.05, 4.69) is 21.0 Å². The number of carbonyl (C=O) groups is 2. The van der Waals surface area contributed by atoms with Crippen LogP contribution in [-0.4, -0.2) is 28.9 Å². The van der Waals surface area contributed by atoms with Gasteiger partial charge in [-0.1, -0.05) is 11.6 Å². The summed E-state index contributed by atoms with van der Waals surface area (Å²) >= 11 is 5.77. The van der Waals surface area contributed by atoms with Gasteiger partial charge in [0.1, 0.15) is 17.0 Å². The molecule has 8 heteroatoms.